The summed E-state index contributed by atoms with van der Waals surface area (Å²) < 4.78 is 7.48. The number of likely N-dealkylation sites (N-methyl/N-ethyl adjacent to an activating group) is 1. The Bertz CT molecular complexity index is 1280. The van der Waals surface area contributed by atoms with Crippen LogP contribution in [-0.4, -0.2) is 52.6 Å². The second kappa shape index (κ2) is 11.4. The largest absolute Gasteiger partial charge is 0.487 e. The Kier molecular flexibility index (Phi) is 7.85. The van der Waals surface area contributed by atoms with E-state index in [0.29, 0.717) is 10.8 Å². The van der Waals surface area contributed by atoms with E-state index >= 15 is 0 Å². The maximum Gasteiger partial charge on any atom is 0.258 e. The van der Waals surface area contributed by atoms with Crippen LogP contribution in [0.25, 0.3) is 11.8 Å². The summed E-state index contributed by atoms with van der Waals surface area (Å²) in [5.74, 6) is 0.531. The van der Waals surface area contributed by atoms with Gasteiger partial charge in [0, 0.05) is 43.8 Å². The van der Waals surface area contributed by atoms with Crippen molar-refractivity contribution in [3.8, 4) is 5.75 Å². The van der Waals surface area contributed by atoms with Crippen LogP contribution in [0.2, 0.25) is 5.02 Å². The zero-order chi connectivity index (χ0) is 24.9. The number of aromatic nitrogens is 2. The highest BCUT2D eigenvalue weighted by molar-refractivity contribution is 6.30. The van der Waals surface area contributed by atoms with Crippen molar-refractivity contribution < 1.29 is 4.74 Å². The van der Waals surface area contributed by atoms with Crippen LogP contribution in [-0.2, 0) is 19.6 Å². The van der Waals surface area contributed by atoms with Crippen molar-refractivity contribution in [3.63, 3.8) is 0 Å². The molecule has 0 amide bonds. The van der Waals surface area contributed by atoms with Crippen molar-refractivity contribution in [2.75, 3.05) is 33.2 Å². The molecule has 7 heteroatoms. The number of likely N-dealkylation sites (tertiary alicyclic amines) is 1. The topological polar surface area (TPSA) is 50.6 Å². The third-order valence-corrected chi connectivity index (χ3v) is 7.23. The van der Waals surface area contributed by atoms with Gasteiger partial charge in [-0.1, -0.05) is 29.8 Å². The maximum atomic E-state index is 12.8. The number of halogens is 1. The fraction of sp³-hybridized carbons (Fsp3) is 0.379. The Morgan fingerprint density at radius 2 is 1.94 bits per heavy atom. The Morgan fingerprint density at radius 3 is 2.72 bits per heavy atom. The van der Waals surface area contributed by atoms with E-state index in [4.69, 9.17) is 16.3 Å². The minimum atomic E-state index is -0.0949. The number of pyridine rings is 2. The third-order valence-electron chi connectivity index (χ3n) is 7.00. The van der Waals surface area contributed by atoms with Crippen LogP contribution in [0.1, 0.15) is 41.6 Å². The van der Waals surface area contributed by atoms with E-state index < -0.39 is 0 Å². The number of allylic oxidation sites excluding steroid dienone is 1. The minimum Gasteiger partial charge on any atom is -0.487 e. The smallest absolute Gasteiger partial charge is 0.258 e. The van der Waals surface area contributed by atoms with Crippen LogP contribution in [0.4, 0.5) is 0 Å². The molecule has 3 aromatic rings. The predicted octanol–water partition coefficient (Wildman–Crippen LogP) is 4.95. The summed E-state index contributed by atoms with van der Waals surface area (Å²) >= 11 is 5.88. The Hall–Kier alpha value is -2.93. The number of aryl methyl sites for hydroxylation is 1. The first-order valence-corrected chi connectivity index (χ1v) is 13.1. The number of rotatable bonds is 9. The molecule has 0 radical (unpaired) electrons. The van der Waals surface area contributed by atoms with Crippen LogP contribution in [0, 0.1) is 0 Å². The van der Waals surface area contributed by atoms with Gasteiger partial charge in [-0.15, -0.1) is 0 Å². The number of fused-ring (bicyclic) bond motifs is 1. The van der Waals surface area contributed by atoms with Crippen molar-refractivity contribution >= 4 is 23.4 Å². The number of hydrogen-bond acceptors (Lipinski definition) is 5. The molecule has 1 aromatic carbocycles. The first-order chi connectivity index (χ1) is 17.5. The van der Waals surface area contributed by atoms with Gasteiger partial charge < -0.3 is 14.5 Å². The summed E-state index contributed by atoms with van der Waals surface area (Å²) in [5.41, 5.74) is 5.57. The van der Waals surface area contributed by atoms with Gasteiger partial charge in [0.05, 0.1) is 10.7 Å². The van der Waals surface area contributed by atoms with E-state index in [1.54, 1.807) is 23.0 Å². The molecule has 0 saturated carbocycles. The highest BCUT2D eigenvalue weighted by Gasteiger charge is 2.15. The molecule has 1 aliphatic carbocycles. The highest BCUT2D eigenvalue weighted by atomic mass is 35.5. The molecule has 3 heterocycles. The maximum absolute atomic E-state index is 12.8. The molecule has 2 aliphatic rings. The summed E-state index contributed by atoms with van der Waals surface area (Å²) in [6.45, 7) is 6.00. The standard InChI is InChI=1S/C29H33ClN4O2/c1-32(14-15-33-11-2-3-12-33)20-22-4-5-24-17-27(9-6-23(24)16-22)34-13-10-28(18-29(34)35)36-21-26-8-7-25(30)19-31-26/h4-5,7-8,10,13,16-19H,2-3,6,9,11-12,14-15,20-21H2,1H3. The molecule has 0 N–H and O–H groups in total. The molecule has 6 nitrogen and oxygen atoms in total. The van der Waals surface area contributed by atoms with Crippen molar-refractivity contribution in [2.24, 2.45) is 0 Å². The fourth-order valence-electron chi connectivity index (χ4n) is 4.97. The van der Waals surface area contributed by atoms with E-state index in [1.165, 1.54) is 48.7 Å². The van der Waals surface area contributed by atoms with Gasteiger partial charge in [-0.2, -0.15) is 0 Å². The van der Waals surface area contributed by atoms with Crippen LogP contribution in [0.15, 0.2) is 59.7 Å². The molecule has 0 spiro atoms. The molecule has 0 unspecified atom stereocenters. The van der Waals surface area contributed by atoms with Crippen LogP contribution < -0.4 is 10.3 Å². The first-order valence-electron chi connectivity index (χ1n) is 12.7. The van der Waals surface area contributed by atoms with Gasteiger partial charge in [0.1, 0.15) is 12.4 Å². The van der Waals surface area contributed by atoms with Gasteiger partial charge in [-0.25, -0.2) is 0 Å². The fourth-order valence-corrected chi connectivity index (χ4v) is 5.08. The van der Waals surface area contributed by atoms with Crippen LogP contribution >= 0.6 is 11.6 Å². The van der Waals surface area contributed by atoms with Gasteiger partial charge in [-0.05, 0) is 86.8 Å². The van der Waals surface area contributed by atoms with Gasteiger partial charge >= 0.3 is 0 Å². The molecular weight excluding hydrogens is 472 g/mol. The second-order valence-electron chi connectivity index (χ2n) is 9.78. The summed E-state index contributed by atoms with van der Waals surface area (Å²) in [4.78, 5) is 22.0. The summed E-state index contributed by atoms with van der Waals surface area (Å²) in [5, 5.41) is 0.583. The number of nitrogens with zero attached hydrogens (tertiary/aromatic N) is 4. The molecule has 2 aromatic heterocycles. The lowest BCUT2D eigenvalue weighted by Crippen LogP contribution is -2.31. The van der Waals surface area contributed by atoms with E-state index in [9.17, 15) is 4.79 Å². The predicted molar refractivity (Wildman–Crippen MR) is 145 cm³/mol. The lowest BCUT2D eigenvalue weighted by atomic mass is 9.93. The van der Waals surface area contributed by atoms with Crippen molar-refractivity contribution in [2.45, 2.75) is 38.8 Å². The highest BCUT2D eigenvalue weighted by Crippen LogP contribution is 2.27. The number of ether oxygens (including phenoxy) is 1. The molecule has 188 valence electrons. The van der Waals surface area contributed by atoms with Crippen LogP contribution in [0.3, 0.4) is 0 Å². The van der Waals surface area contributed by atoms with Gasteiger partial charge in [0.25, 0.3) is 5.56 Å². The second-order valence-corrected chi connectivity index (χ2v) is 10.2. The molecular formula is C29H33ClN4O2. The first kappa shape index (κ1) is 24.8. The average molecular weight is 505 g/mol. The molecule has 1 fully saturated rings. The van der Waals surface area contributed by atoms with E-state index in [-0.39, 0.29) is 12.2 Å². The zero-order valence-corrected chi connectivity index (χ0v) is 21.6. The average Bonchev–Trinajstić information content (AvgIpc) is 3.41. The Balaban J connectivity index is 1.21. The molecule has 5 rings (SSSR count). The van der Waals surface area contributed by atoms with E-state index in [1.807, 2.05) is 12.1 Å². The zero-order valence-electron chi connectivity index (χ0n) is 20.8. The molecule has 1 saturated heterocycles. The Morgan fingerprint density at radius 1 is 1.08 bits per heavy atom. The van der Waals surface area contributed by atoms with Gasteiger partial charge in [-0.3, -0.25) is 14.3 Å². The minimum absolute atomic E-state index is 0.0949. The summed E-state index contributed by atoms with van der Waals surface area (Å²) in [7, 11) is 2.21. The Labute approximate surface area is 217 Å². The molecule has 36 heavy (non-hydrogen) atoms. The normalized spacial score (nSPS) is 15.7. The summed E-state index contributed by atoms with van der Waals surface area (Å²) in [6, 6.07) is 13.7. The van der Waals surface area contributed by atoms with Crippen molar-refractivity contribution in [3.05, 3.63) is 92.6 Å². The monoisotopic (exact) mass is 504 g/mol. The number of hydrogen-bond donors (Lipinski definition) is 0. The molecule has 0 atom stereocenters. The lowest BCUT2D eigenvalue weighted by Gasteiger charge is -2.23. The number of benzene rings is 1. The third kappa shape index (κ3) is 6.25. The molecule has 1 aliphatic heterocycles. The SMILES string of the molecule is CN(CCN1CCCC1)Cc1ccc2c(c1)CCC(n1ccc(OCc3ccc(Cl)cn3)cc1=O)=C2. The van der Waals surface area contributed by atoms with Gasteiger partial charge in [0.2, 0.25) is 0 Å². The molecule has 0 bridgehead atoms. The quantitative estimate of drug-likeness (QED) is 0.413. The van der Waals surface area contributed by atoms with Crippen molar-refractivity contribution in [1.29, 1.82) is 0 Å². The summed E-state index contributed by atoms with van der Waals surface area (Å²) in [6.07, 6.45) is 9.97. The van der Waals surface area contributed by atoms with E-state index in [0.717, 1.165) is 43.9 Å². The van der Waals surface area contributed by atoms with Crippen LogP contribution in [0.5, 0.6) is 5.75 Å². The lowest BCUT2D eigenvalue weighted by molar-refractivity contribution is 0.252. The van der Waals surface area contributed by atoms with Crippen molar-refractivity contribution in [1.82, 2.24) is 19.4 Å². The van der Waals surface area contributed by atoms with Gasteiger partial charge in [0.15, 0.2) is 0 Å². The van der Waals surface area contributed by atoms with E-state index in [2.05, 4.69) is 46.1 Å².